The smallest absolute Gasteiger partial charge is 0.325 e. The molecule has 1 aromatic heterocycles. The number of urea groups is 1. The number of carbonyl (C=O) groups excluding carboxylic acids is 1. The molecule has 2 amide bonds. The Morgan fingerprint density at radius 2 is 1.96 bits per heavy atom. The molecular weight excluding hydrogens is 368 g/mol. The Hall–Kier alpha value is -2.58. The number of anilines is 2. The molecule has 3 rings (SSSR count). The third-order valence-corrected chi connectivity index (χ3v) is 5.44. The molecule has 0 bridgehead atoms. The lowest BCUT2D eigenvalue weighted by molar-refractivity contribution is 0.262. The average molecular weight is 387 g/mol. The minimum Gasteiger partial charge on any atom is -0.497 e. The molecule has 0 fully saturated rings. The van der Waals surface area contributed by atoms with Gasteiger partial charge in [0, 0.05) is 16.6 Å². The lowest BCUT2D eigenvalue weighted by Crippen LogP contribution is -2.19. The zero-order valence-electron chi connectivity index (χ0n) is 14.4. The average Bonchev–Trinajstić information content (AvgIpc) is 3.08. The van der Waals surface area contributed by atoms with Crippen LogP contribution in [-0.2, 0) is 5.75 Å². The van der Waals surface area contributed by atoms with Crippen LogP contribution >= 0.6 is 23.1 Å². The van der Waals surface area contributed by atoms with Gasteiger partial charge in [-0.1, -0.05) is 35.1 Å². The number of carbonyl (C=O) groups is 1. The maximum absolute atomic E-state index is 12.1. The van der Waals surface area contributed by atoms with Crippen molar-refractivity contribution in [2.24, 2.45) is 0 Å². The van der Waals surface area contributed by atoms with Gasteiger partial charge in [-0.15, -0.1) is 22.0 Å². The zero-order valence-corrected chi connectivity index (χ0v) is 16.0. The van der Waals surface area contributed by atoms with Crippen LogP contribution in [0.5, 0.6) is 5.75 Å². The molecule has 26 heavy (non-hydrogen) atoms. The van der Waals surface area contributed by atoms with Gasteiger partial charge in [0.1, 0.15) is 10.8 Å². The van der Waals surface area contributed by atoms with Crippen LogP contribution in [0.25, 0.3) is 0 Å². The molecule has 3 aromatic rings. The summed E-state index contributed by atoms with van der Waals surface area (Å²) >= 11 is 3.05. The fraction of sp³-hybridized carbons (Fsp3) is 0.167. The van der Waals surface area contributed by atoms with Gasteiger partial charge in [0.15, 0.2) is 0 Å². The van der Waals surface area contributed by atoms with Crippen molar-refractivity contribution in [3.8, 4) is 5.75 Å². The Bertz CT molecular complexity index is 881. The van der Waals surface area contributed by atoms with Crippen LogP contribution < -0.4 is 15.4 Å². The summed E-state index contributed by atoms with van der Waals surface area (Å²) in [6.45, 7) is 2.06. The molecule has 134 valence electrons. The fourth-order valence-corrected chi connectivity index (χ4v) is 3.72. The molecule has 0 spiro atoms. The molecular formula is C18H18N4O2S2. The minimum atomic E-state index is -0.368. The summed E-state index contributed by atoms with van der Waals surface area (Å²) in [6.07, 6.45) is 0. The highest BCUT2D eigenvalue weighted by Gasteiger charge is 2.09. The number of nitrogens with zero attached hydrogens (tertiary/aromatic N) is 2. The summed E-state index contributed by atoms with van der Waals surface area (Å²) in [5.74, 6) is 1.38. The van der Waals surface area contributed by atoms with Gasteiger partial charge in [-0.25, -0.2) is 4.79 Å². The third-order valence-electron chi connectivity index (χ3n) is 3.40. The normalized spacial score (nSPS) is 10.4. The number of hydrogen-bond acceptors (Lipinski definition) is 6. The van der Waals surface area contributed by atoms with Crippen LogP contribution in [0.4, 0.5) is 15.6 Å². The molecule has 0 aliphatic rings. The van der Waals surface area contributed by atoms with Gasteiger partial charge >= 0.3 is 6.03 Å². The number of methoxy groups -OCH3 is 1. The molecule has 2 N–H and O–H groups in total. The number of benzene rings is 2. The first-order valence-electron chi connectivity index (χ1n) is 7.86. The lowest BCUT2D eigenvalue weighted by atomic mass is 10.2. The first kappa shape index (κ1) is 18.2. The first-order valence-corrected chi connectivity index (χ1v) is 9.66. The highest BCUT2D eigenvalue weighted by molar-refractivity contribution is 7.98. The molecule has 0 aliphatic carbocycles. The van der Waals surface area contributed by atoms with E-state index in [0.717, 1.165) is 5.01 Å². The summed E-state index contributed by atoms with van der Waals surface area (Å²) < 4.78 is 5.13. The van der Waals surface area contributed by atoms with Gasteiger partial charge in [-0.2, -0.15) is 0 Å². The van der Waals surface area contributed by atoms with E-state index in [9.17, 15) is 4.79 Å². The van der Waals surface area contributed by atoms with Gasteiger partial charge in [-0.05, 0) is 31.2 Å². The van der Waals surface area contributed by atoms with Crippen LogP contribution in [0.3, 0.4) is 0 Å². The number of thioether (sulfide) groups is 1. The molecule has 2 aromatic carbocycles. The monoisotopic (exact) mass is 386 g/mol. The van der Waals surface area contributed by atoms with Crippen molar-refractivity contribution in [2.45, 2.75) is 17.6 Å². The SMILES string of the molecule is COc1cccc(NC(=O)Nc2nnc(CSc3ccc(C)cc3)s2)c1. The topological polar surface area (TPSA) is 76.1 Å². The Balaban J connectivity index is 1.52. The van der Waals surface area contributed by atoms with Crippen LogP contribution in [0.1, 0.15) is 10.6 Å². The van der Waals surface area contributed by atoms with Gasteiger partial charge in [-0.3, -0.25) is 5.32 Å². The van der Waals surface area contributed by atoms with Crippen molar-refractivity contribution < 1.29 is 9.53 Å². The summed E-state index contributed by atoms with van der Waals surface area (Å²) in [7, 11) is 1.58. The predicted molar refractivity (Wildman–Crippen MR) is 106 cm³/mol. The highest BCUT2D eigenvalue weighted by atomic mass is 32.2. The van der Waals surface area contributed by atoms with E-state index in [0.29, 0.717) is 22.3 Å². The Morgan fingerprint density at radius 1 is 1.15 bits per heavy atom. The van der Waals surface area contributed by atoms with Gasteiger partial charge < -0.3 is 10.1 Å². The quantitative estimate of drug-likeness (QED) is 0.596. The van der Waals surface area contributed by atoms with Crippen molar-refractivity contribution in [3.63, 3.8) is 0 Å². The van der Waals surface area contributed by atoms with E-state index in [-0.39, 0.29) is 6.03 Å². The van der Waals surface area contributed by atoms with E-state index in [4.69, 9.17) is 4.74 Å². The highest BCUT2D eigenvalue weighted by Crippen LogP contribution is 2.26. The molecule has 1 heterocycles. The van der Waals surface area contributed by atoms with Crippen molar-refractivity contribution >= 4 is 39.9 Å². The van der Waals surface area contributed by atoms with Crippen molar-refractivity contribution in [3.05, 3.63) is 59.1 Å². The standard InChI is InChI=1S/C18H18N4O2S2/c1-12-6-8-15(9-7-12)25-11-16-21-22-18(26-16)20-17(23)19-13-4-3-5-14(10-13)24-2/h3-10H,11H2,1-2H3,(H2,19,20,22,23). The number of rotatable bonds is 6. The predicted octanol–water partition coefficient (Wildman–Crippen LogP) is 4.79. The maximum atomic E-state index is 12.1. The summed E-state index contributed by atoms with van der Waals surface area (Å²) in [5, 5.41) is 14.9. The van der Waals surface area contributed by atoms with Crippen LogP contribution in [0.15, 0.2) is 53.4 Å². The van der Waals surface area contributed by atoms with Gasteiger partial charge in [0.25, 0.3) is 0 Å². The van der Waals surface area contributed by atoms with E-state index in [1.54, 1.807) is 37.1 Å². The fourth-order valence-electron chi connectivity index (χ4n) is 2.10. The molecule has 0 aliphatic heterocycles. The number of amides is 2. The summed E-state index contributed by atoms with van der Waals surface area (Å²) in [5.41, 5.74) is 1.88. The van der Waals surface area contributed by atoms with Gasteiger partial charge in [0.2, 0.25) is 5.13 Å². The van der Waals surface area contributed by atoms with Gasteiger partial charge in [0.05, 0.1) is 12.9 Å². The maximum Gasteiger partial charge on any atom is 0.325 e. The van der Waals surface area contributed by atoms with Crippen molar-refractivity contribution in [1.82, 2.24) is 10.2 Å². The number of ether oxygens (including phenoxy) is 1. The largest absolute Gasteiger partial charge is 0.497 e. The van der Waals surface area contributed by atoms with E-state index in [1.807, 2.05) is 6.07 Å². The lowest BCUT2D eigenvalue weighted by Gasteiger charge is -2.06. The number of nitrogens with one attached hydrogen (secondary N) is 2. The molecule has 8 heteroatoms. The Morgan fingerprint density at radius 3 is 2.73 bits per heavy atom. The second-order valence-electron chi connectivity index (χ2n) is 5.41. The first-order chi connectivity index (χ1) is 12.6. The Labute approximate surface area is 160 Å². The molecule has 6 nitrogen and oxygen atoms in total. The molecule has 0 saturated heterocycles. The van der Waals surface area contributed by atoms with E-state index in [1.165, 1.54) is 21.8 Å². The zero-order chi connectivity index (χ0) is 18.4. The van der Waals surface area contributed by atoms with Crippen molar-refractivity contribution in [1.29, 1.82) is 0 Å². The molecule has 0 atom stereocenters. The molecule has 0 radical (unpaired) electrons. The van der Waals surface area contributed by atoms with Crippen LogP contribution in [-0.4, -0.2) is 23.3 Å². The number of aromatic nitrogens is 2. The number of aryl methyl sites for hydroxylation is 1. The minimum absolute atomic E-state index is 0.368. The second-order valence-corrected chi connectivity index (χ2v) is 7.52. The van der Waals surface area contributed by atoms with Crippen LogP contribution in [0, 0.1) is 6.92 Å². The summed E-state index contributed by atoms with van der Waals surface area (Å²) in [6, 6.07) is 15.1. The summed E-state index contributed by atoms with van der Waals surface area (Å²) in [4.78, 5) is 13.2. The third kappa shape index (κ3) is 5.21. The van der Waals surface area contributed by atoms with E-state index < -0.39 is 0 Å². The Kier molecular flexibility index (Phi) is 6.08. The number of hydrogen-bond donors (Lipinski definition) is 2. The van der Waals surface area contributed by atoms with E-state index >= 15 is 0 Å². The van der Waals surface area contributed by atoms with Crippen molar-refractivity contribution in [2.75, 3.05) is 17.7 Å². The molecule has 0 saturated carbocycles. The van der Waals surface area contributed by atoms with E-state index in [2.05, 4.69) is 52.0 Å². The second kappa shape index (κ2) is 8.68. The van der Waals surface area contributed by atoms with Crippen LogP contribution in [0.2, 0.25) is 0 Å². The molecule has 0 unspecified atom stereocenters.